The first-order valence-electron chi connectivity index (χ1n) is 8.16. The zero-order chi connectivity index (χ0) is 17.8. The van der Waals surface area contributed by atoms with Crippen LogP contribution in [0.2, 0.25) is 0 Å². The van der Waals surface area contributed by atoms with Gasteiger partial charge in [0, 0.05) is 18.4 Å². The van der Waals surface area contributed by atoms with Gasteiger partial charge in [0.05, 0.1) is 5.69 Å². The summed E-state index contributed by atoms with van der Waals surface area (Å²) >= 11 is 0. The molecule has 5 heteroatoms. The average molecular weight is 333 g/mol. The van der Waals surface area contributed by atoms with E-state index >= 15 is 0 Å². The molecular weight excluding hydrogens is 314 g/mol. The smallest absolute Gasteiger partial charge is 0.270 e. The van der Waals surface area contributed by atoms with E-state index in [4.69, 9.17) is 0 Å². The molecule has 2 N–H and O–H groups in total. The van der Waals surface area contributed by atoms with E-state index in [2.05, 4.69) is 5.32 Å². The normalized spacial score (nSPS) is 13.8. The van der Waals surface area contributed by atoms with Gasteiger partial charge in [-0.2, -0.15) is 5.26 Å². The number of hydrogen-bond donors (Lipinski definition) is 2. The molecule has 0 atom stereocenters. The number of carbonyl (C=O) groups is 1. The molecular formula is C20H19N3O2. The maximum Gasteiger partial charge on any atom is 0.270 e. The fraction of sp³-hybridized carbons (Fsp3) is 0.200. The molecule has 1 amide bonds. The minimum Gasteiger partial charge on any atom is -0.506 e. The number of fused-ring (bicyclic) bond motifs is 1. The number of aryl methyl sites for hydroxylation is 2. The van der Waals surface area contributed by atoms with Gasteiger partial charge in [-0.15, -0.1) is 0 Å². The maximum absolute atomic E-state index is 12.8. The average Bonchev–Trinajstić information content (AvgIpc) is 2.64. The van der Waals surface area contributed by atoms with Crippen LogP contribution in [-0.4, -0.2) is 17.6 Å². The van der Waals surface area contributed by atoms with E-state index in [0.29, 0.717) is 12.2 Å². The van der Waals surface area contributed by atoms with E-state index in [0.717, 1.165) is 29.7 Å². The van der Waals surface area contributed by atoms with Crippen LogP contribution in [0.1, 0.15) is 17.5 Å². The molecule has 25 heavy (non-hydrogen) atoms. The molecule has 0 aromatic heterocycles. The molecule has 126 valence electrons. The largest absolute Gasteiger partial charge is 0.506 e. The molecule has 2 aromatic carbocycles. The first kappa shape index (κ1) is 16.6. The van der Waals surface area contributed by atoms with Crippen LogP contribution in [0.25, 0.3) is 0 Å². The predicted octanol–water partition coefficient (Wildman–Crippen LogP) is 3.50. The van der Waals surface area contributed by atoms with E-state index in [9.17, 15) is 15.2 Å². The lowest BCUT2D eigenvalue weighted by atomic mass is 10.0. The predicted molar refractivity (Wildman–Crippen MR) is 97.3 cm³/mol. The van der Waals surface area contributed by atoms with Crippen molar-refractivity contribution >= 4 is 17.3 Å². The van der Waals surface area contributed by atoms with Crippen molar-refractivity contribution in [2.75, 3.05) is 16.8 Å². The van der Waals surface area contributed by atoms with E-state index in [1.807, 2.05) is 37.3 Å². The molecule has 0 spiro atoms. The van der Waals surface area contributed by atoms with Gasteiger partial charge in [-0.3, -0.25) is 4.79 Å². The second-order valence-corrected chi connectivity index (χ2v) is 6.02. The quantitative estimate of drug-likeness (QED) is 0.512. The number of phenols is 1. The van der Waals surface area contributed by atoms with Crippen molar-refractivity contribution < 1.29 is 9.90 Å². The second-order valence-electron chi connectivity index (χ2n) is 6.02. The van der Waals surface area contributed by atoms with Gasteiger partial charge in [-0.05, 0) is 49.1 Å². The fourth-order valence-electron chi connectivity index (χ4n) is 2.95. The maximum atomic E-state index is 12.8. The monoisotopic (exact) mass is 333 g/mol. The molecule has 5 nitrogen and oxygen atoms in total. The number of aromatic hydroxyl groups is 1. The van der Waals surface area contributed by atoms with Crippen LogP contribution in [0.5, 0.6) is 5.75 Å². The molecule has 0 unspecified atom stereocenters. The standard InChI is InChI=1S/C20H19N3O2/c1-14-8-9-19(24)17(11-14)22-13-16(12-21)20(25)23-10-4-6-15-5-2-3-7-18(15)23/h2-3,5,7-9,11,13,22,24H,4,6,10H2,1H3/b16-13-. The van der Waals surface area contributed by atoms with Gasteiger partial charge >= 0.3 is 0 Å². The third-order valence-electron chi connectivity index (χ3n) is 4.23. The summed E-state index contributed by atoms with van der Waals surface area (Å²) < 4.78 is 0. The van der Waals surface area contributed by atoms with Crippen LogP contribution >= 0.6 is 0 Å². The lowest BCUT2D eigenvalue weighted by Gasteiger charge is -2.29. The Labute approximate surface area is 146 Å². The molecule has 0 radical (unpaired) electrons. The third-order valence-corrected chi connectivity index (χ3v) is 4.23. The molecule has 1 aliphatic rings. The van der Waals surface area contributed by atoms with Crippen molar-refractivity contribution in [1.82, 2.24) is 0 Å². The zero-order valence-corrected chi connectivity index (χ0v) is 14.0. The Morgan fingerprint density at radius 2 is 2.12 bits per heavy atom. The fourth-order valence-corrected chi connectivity index (χ4v) is 2.95. The first-order valence-corrected chi connectivity index (χ1v) is 8.16. The van der Waals surface area contributed by atoms with Gasteiger partial charge in [0.1, 0.15) is 17.4 Å². The number of para-hydroxylation sites is 1. The highest BCUT2D eigenvalue weighted by Crippen LogP contribution is 2.28. The number of nitrogens with one attached hydrogen (secondary N) is 1. The number of hydrogen-bond acceptors (Lipinski definition) is 4. The Morgan fingerprint density at radius 3 is 2.92 bits per heavy atom. The Balaban J connectivity index is 1.85. The number of rotatable bonds is 3. The number of carbonyl (C=O) groups excluding carboxylic acids is 1. The van der Waals surface area contributed by atoms with Crippen molar-refractivity contribution in [3.8, 4) is 11.8 Å². The van der Waals surface area contributed by atoms with Gasteiger partial charge in [-0.1, -0.05) is 24.3 Å². The molecule has 0 fully saturated rings. The Morgan fingerprint density at radius 1 is 1.32 bits per heavy atom. The van der Waals surface area contributed by atoms with Crippen molar-refractivity contribution in [2.45, 2.75) is 19.8 Å². The van der Waals surface area contributed by atoms with E-state index in [1.54, 1.807) is 23.1 Å². The molecule has 0 saturated heterocycles. The number of anilines is 2. The van der Waals surface area contributed by atoms with Gasteiger partial charge in [-0.25, -0.2) is 0 Å². The summed E-state index contributed by atoms with van der Waals surface area (Å²) in [4.78, 5) is 14.4. The summed E-state index contributed by atoms with van der Waals surface area (Å²) in [6, 6.07) is 14.8. The van der Waals surface area contributed by atoms with E-state index < -0.39 is 0 Å². The topological polar surface area (TPSA) is 76.4 Å². The molecule has 1 aliphatic heterocycles. The molecule has 2 aromatic rings. The minimum absolute atomic E-state index is 0.00221. The van der Waals surface area contributed by atoms with E-state index in [-0.39, 0.29) is 17.2 Å². The summed E-state index contributed by atoms with van der Waals surface area (Å²) in [5.41, 5.74) is 3.39. The molecule has 0 bridgehead atoms. The third kappa shape index (κ3) is 3.48. The van der Waals surface area contributed by atoms with Crippen molar-refractivity contribution in [1.29, 1.82) is 5.26 Å². The highest BCUT2D eigenvalue weighted by atomic mass is 16.3. The molecule has 0 saturated carbocycles. The van der Waals surface area contributed by atoms with Crippen LogP contribution in [0.4, 0.5) is 11.4 Å². The van der Waals surface area contributed by atoms with Crippen LogP contribution in [-0.2, 0) is 11.2 Å². The van der Waals surface area contributed by atoms with Crippen LogP contribution < -0.4 is 10.2 Å². The molecule has 0 aliphatic carbocycles. The SMILES string of the molecule is Cc1ccc(O)c(N/C=C(/C#N)C(=O)N2CCCc3ccccc32)c1. The number of nitriles is 1. The number of nitrogens with zero attached hydrogens (tertiary/aromatic N) is 2. The van der Waals surface area contributed by atoms with Crippen molar-refractivity contribution in [3.63, 3.8) is 0 Å². The van der Waals surface area contributed by atoms with Crippen molar-refractivity contribution in [2.24, 2.45) is 0 Å². The Kier molecular flexibility index (Phi) is 4.71. The minimum atomic E-state index is -0.339. The highest BCUT2D eigenvalue weighted by molar-refractivity contribution is 6.09. The Bertz CT molecular complexity index is 881. The van der Waals surface area contributed by atoms with Crippen LogP contribution in [0, 0.1) is 18.3 Å². The van der Waals surface area contributed by atoms with Gasteiger partial charge < -0.3 is 15.3 Å². The van der Waals surface area contributed by atoms with E-state index in [1.165, 1.54) is 6.20 Å². The number of amides is 1. The van der Waals surface area contributed by atoms with Gasteiger partial charge in [0.2, 0.25) is 0 Å². The Hall–Kier alpha value is -3.26. The summed E-state index contributed by atoms with van der Waals surface area (Å²) in [6.45, 7) is 2.49. The molecule has 3 rings (SSSR count). The summed E-state index contributed by atoms with van der Waals surface area (Å²) in [5, 5.41) is 22.1. The van der Waals surface area contributed by atoms with Gasteiger partial charge in [0.25, 0.3) is 5.91 Å². The lowest BCUT2D eigenvalue weighted by molar-refractivity contribution is -0.114. The summed E-state index contributed by atoms with van der Waals surface area (Å²) in [7, 11) is 0. The number of phenolic OH excluding ortho intramolecular Hbond substituents is 1. The van der Waals surface area contributed by atoms with Crippen LogP contribution in [0.15, 0.2) is 54.2 Å². The zero-order valence-electron chi connectivity index (χ0n) is 14.0. The summed E-state index contributed by atoms with van der Waals surface area (Å²) in [5.74, 6) is -0.274. The van der Waals surface area contributed by atoms with Crippen molar-refractivity contribution in [3.05, 3.63) is 65.4 Å². The first-order chi connectivity index (χ1) is 12.1. The van der Waals surface area contributed by atoms with Gasteiger partial charge in [0.15, 0.2) is 0 Å². The summed E-state index contributed by atoms with van der Waals surface area (Å²) in [6.07, 6.45) is 3.16. The van der Waals surface area contributed by atoms with Crippen LogP contribution in [0.3, 0.4) is 0 Å². The lowest BCUT2D eigenvalue weighted by Crippen LogP contribution is -2.36. The molecule has 1 heterocycles. The number of benzene rings is 2. The highest BCUT2D eigenvalue weighted by Gasteiger charge is 2.24. The second kappa shape index (κ2) is 7.10.